The van der Waals surface area contributed by atoms with Crippen LogP contribution >= 0.6 is 0 Å². The van der Waals surface area contributed by atoms with Crippen LogP contribution in [0.25, 0.3) is 0 Å². The van der Waals surface area contributed by atoms with Gasteiger partial charge in [-0.3, -0.25) is 19.4 Å². The molecule has 4 saturated heterocycles. The van der Waals surface area contributed by atoms with E-state index in [1.807, 2.05) is 17.0 Å². The molecule has 4 aliphatic rings. The van der Waals surface area contributed by atoms with Crippen LogP contribution in [-0.2, 0) is 26.0 Å². The zero-order valence-corrected chi connectivity index (χ0v) is 23.2. The molecular formula is C27H41N5O4S. The van der Waals surface area contributed by atoms with Gasteiger partial charge in [-0.25, -0.2) is 8.42 Å². The first-order chi connectivity index (χ1) is 17.5. The summed E-state index contributed by atoms with van der Waals surface area (Å²) in [6, 6.07) is 7.43. The highest BCUT2D eigenvalue weighted by Crippen LogP contribution is 2.34. The summed E-state index contributed by atoms with van der Waals surface area (Å²) in [5.74, 6) is 0.113. The zero-order valence-electron chi connectivity index (χ0n) is 22.4. The van der Waals surface area contributed by atoms with Crippen LogP contribution in [0.2, 0.25) is 0 Å². The van der Waals surface area contributed by atoms with Crippen LogP contribution in [0.3, 0.4) is 0 Å². The maximum atomic E-state index is 13.4. The normalized spacial score (nSPS) is 27.9. The van der Waals surface area contributed by atoms with Crippen molar-refractivity contribution >= 4 is 21.7 Å². The van der Waals surface area contributed by atoms with Crippen molar-refractivity contribution in [3.8, 4) is 0 Å². The molecule has 0 aromatic heterocycles. The fourth-order valence-electron chi connectivity index (χ4n) is 6.65. The van der Waals surface area contributed by atoms with E-state index in [-0.39, 0.29) is 23.9 Å². The quantitative estimate of drug-likeness (QED) is 0.605. The maximum Gasteiger partial charge on any atom is 0.243 e. The third kappa shape index (κ3) is 5.72. The second-order valence-corrected chi connectivity index (χ2v) is 13.8. The number of nitrogens with zero attached hydrogens (tertiary/aromatic N) is 4. The molecule has 0 unspecified atom stereocenters. The second kappa shape index (κ2) is 10.3. The van der Waals surface area contributed by atoms with Crippen molar-refractivity contribution in [2.45, 2.75) is 73.6 Å². The van der Waals surface area contributed by atoms with Gasteiger partial charge in [0.05, 0.1) is 16.9 Å². The molecule has 204 valence electrons. The molecule has 1 N–H and O–H groups in total. The minimum Gasteiger partial charge on any atom is -0.348 e. The van der Waals surface area contributed by atoms with Crippen molar-refractivity contribution in [1.82, 2.24) is 24.9 Å². The summed E-state index contributed by atoms with van der Waals surface area (Å²) in [5.41, 5.74) is 0.592. The Bertz CT molecular complexity index is 1080. The Kier molecular flexibility index (Phi) is 7.39. The van der Waals surface area contributed by atoms with Crippen LogP contribution < -0.4 is 5.32 Å². The predicted octanol–water partition coefficient (Wildman–Crippen LogP) is 0.940. The van der Waals surface area contributed by atoms with Crippen LogP contribution in [0, 0.1) is 0 Å². The molecule has 5 rings (SSSR count). The lowest BCUT2D eigenvalue weighted by Gasteiger charge is -2.41. The number of hydrogen-bond acceptors (Lipinski definition) is 7. The Balaban J connectivity index is 1.17. The molecule has 2 amide bonds. The molecule has 1 aromatic carbocycles. The molecule has 1 aromatic rings. The summed E-state index contributed by atoms with van der Waals surface area (Å²) in [4.78, 5) is 36.1. The molecule has 4 heterocycles. The van der Waals surface area contributed by atoms with Gasteiger partial charge in [-0.05, 0) is 77.0 Å². The summed E-state index contributed by atoms with van der Waals surface area (Å²) in [5, 5.41) is 3.33. The highest BCUT2D eigenvalue weighted by atomic mass is 32.2. The fraction of sp³-hybridized carbons (Fsp3) is 0.704. The van der Waals surface area contributed by atoms with E-state index >= 15 is 0 Å². The van der Waals surface area contributed by atoms with Gasteiger partial charge in [0.2, 0.25) is 11.8 Å². The number of likely N-dealkylation sites (N-methyl/N-ethyl adjacent to an activating group) is 1. The average Bonchev–Trinajstić information content (AvgIpc) is 3.28. The largest absolute Gasteiger partial charge is 0.348 e. The van der Waals surface area contributed by atoms with E-state index in [0.29, 0.717) is 30.3 Å². The molecule has 0 aliphatic carbocycles. The summed E-state index contributed by atoms with van der Waals surface area (Å²) in [6.07, 6.45) is 6.05. The molecule has 0 saturated carbocycles. The Hall–Kier alpha value is -2.01. The molecule has 4 aliphatic heterocycles. The van der Waals surface area contributed by atoms with Gasteiger partial charge in [-0.1, -0.05) is 12.1 Å². The molecule has 2 atom stereocenters. The lowest BCUT2D eigenvalue weighted by atomic mass is 9.84. The van der Waals surface area contributed by atoms with Crippen LogP contribution in [0.15, 0.2) is 29.2 Å². The van der Waals surface area contributed by atoms with Crippen LogP contribution in [-0.4, -0.2) is 117 Å². The van der Waals surface area contributed by atoms with Gasteiger partial charge in [-0.15, -0.1) is 0 Å². The van der Waals surface area contributed by atoms with Crippen molar-refractivity contribution in [2.24, 2.45) is 0 Å². The first-order valence-electron chi connectivity index (χ1n) is 13.6. The van der Waals surface area contributed by atoms with Gasteiger partial charge in [0, 0.05) is 44.5 Å². The number of rotatable bonds is 5. The fourth-order valence-corrected chi connectivity index (χ4v) is 7.28. The lowest BCUT2D eigenvalue weighted by molar-refractivity contribution is -0.135. The third-order valence-corrected chi connectivity index (χ3v) is 10.3. The van der Waals surface area contributed by atoms with Crippen LogP contribution in [0.1, 0.15) is 44.1 Å². The highest BCUT2D eigenvalue weighted by Gasteiger charge is 2.49. The van der Waals surface area contributed by atoms with E-state index in [1.54, 1.807) is 12.1 Å². The molecular weight excluding hydrogens is 490 g/mol. The minimum absolute atomic E-state index is 0.00920. The summed E-state index contributed by atoms with van der Waals surface area (Å²) in [6.45, 7) is 5.13. The van der Waals surface area contributed by atoms with E-state index in [4.69, 9.17) is 0 Å². The van der Waals surface area contributed by atoms with Crippen molar-refractivity contribution in [1.29, 1.82) is 0 Å². The van der Waals surface area contributed by atoms with Crippen LogP contribution in [0.5, 0.6) is 0 Å². The first-order valence-corrected chi connectivity index (χ1v) is 15.5. The lowest BCUT2D eigenvalue weighted by Crippen LogP contribution is -2.56. The predicted molar refractivity (Wildman–Crippen MR) is 142 cm³/mol. The van der Waals surface area contributed by atoms with E-state index < -0.39 is 15.4 Å². The topological polar surface area (TPSA) is 93.3 Å². The van der Waals surface area contributed by atoms with Gasteiger partial charge in [0.1, 0.15) is 6.04 Å². The number of amides is 2. The first kappa shape index (κ1) is 26.6. The average molecular weight is 532 g/mol. The van der Waals surface area contributed by atoms with Gasteiger partial charge >= 0.3 is 0 Å². The van der Waals surface area contributed by atoms with E-state index in [1.165, 1.54) is 6.26 Å². The van der Waals surface area contributed by atoms with Crippen molar-refractivity contribution in [3.63, 3.8) is 0 Å². The Labute approximate surface area is 221 Å². The molecule has 9 nitrogen and oxygen atoms in total. The van der Waals surface area contributed by atoms with E-state index in [9.17, 15) is 18.0 Å². The number of benzene rings is 1. The number of likely N-dealkylation sites (tertiary alicyclic amines) is 2. The minimum atomic E-state index is -3.20. The van der Waals surface area contributed by atoms with Crippen LogP contribution in [0.4, 0.5) is 0 Å². The van der Waals surface area contributed by atoms with Crippen molar-refractivity contribution in [3.05, 3.63) is 29.8 Å². The molecule has 37 heavy (non-hydrogen) atoms. The molecule has 0 bridgehead atoms. The number of fused-ring (bicyclic) bond motifs is 1. The number of piperidine rings is 2. The Morgan fingerprint density at radius 1 is 1.03 bits per heavy atom. The number of carbonyl (C=O) groups is 2. The highest BCUT2D eigenvalue weighted by molar-refractivity contribution is 7.90. The molecule has 10 heteroatoms. The summed E-state index contributed by atoms with van der Waals surface area (Å²) >= 11 is 0. The van der Waals surface area contributed by atoms with E-state index in [2.05, 4.69) is 34.1 Å². The smallest absolute Gasteiger partial charge is 0.243 e. The Morgan fingerprint density at radius 3 is 2.30 bits per heavy atom. The summed E-state index contributed by atoms with van der Waals surface area (Å²) in [7, 11) is 1.13. The second-order valence-electron chi connectivity index (χ2n) is 11.8. The monoisotopic (exact) mass is 531 g/mol. The molecule has 4 fully saturated rings. The maximum absolute atomic E-state index is 13.4. The SMILES string of the molecule is CN1CCC(N(C)[C@H]2C[C@H]3C(=O)NC4(CCN(Cc5ccc(S(C)(=O)=O)cc5)CC4)CC(=O)N3C2)CC1. The van der Waals surface area contributed by atoms with Gasteiger partial charge in [0.25, 0.3) is 0 Å². The van der Waals surface area contributed by atoms with Crippen molar-refractivity contribution < 1.29 is 18.0 Å². The van der Waals surface area contributed by atoms with E-state index in [0.717, 1.165) is 64.0 Å². The third-order valence-electron chi connectivity index (χ3n) is 9.19. The number of sulfone groups is 1. The number of carbonyl (C=O) groups excluding carboxylic acids is 2. The van der Waals surface area contributed by atoms with Gasteiger partial charge in [-0.2, -0.15) is 0 Å². The van der Waals surface area contributed by atoms with Crippen molar-refractivity contribution in [2.75, 3.05) is 53.1 Å². The number of nitrogens with one attached hydrogen (secondary N) is 1. The summed E-state index contributed by atoms with van der Waals surface area (Å²) < 4.78 is 23.4. The standard InChI is InChI=1S/C27H41N5O4S/c1-29-12-8-21(9-13-29)30(2)22-16-24-26(34)28-27(17-25(33)32(24)19-22)10-14-31(15-11-27)18-20-4-6-23(7-5-20)37(3,35)36/h4-7,21-22,24H,8-19H2,1-3H3,(H,28,34)/t22-,24-/m0/s1. The Morgan fingerprint density at radius 2 is 1.68 bits per heavy atom. The molecule has 0 radical (unpaired) electrons. The van der Waals surface area contributed by atoms with Gasteiger partial charge in [0.15, 0.2) is 9.84 Å². The molecule has 1 spiro atoms. The van der Waals surface area contributed by atoms with Gasteiger partial charge < -0.3 is 15.1 Å². The number of hydrogen-bond donors (Lipinski definition) is 1. The zero-order chi connectivity index (χ0) is 26.4.